The van der Waals surface area contributed by atoms with Crippen molar-refractivity contribution in [3.8, 4) is 11.8 Å². The average molecular weight is 289 g/mol. The summed E-state index contributed by atoms with van der Waals surface area (Å²) in [5, 5.41) is 0. The third-order valence-electron chi connectivity index (χ3n) is 4.17. The molecule has 1 aliphatic heterocycles. The van der Waals surface area contributed by atoms with Crippen LogP contribution in [0.5, 0.6) is 0 Å². The molecule has 3 rings (SSSR count). The number of rotatable bonds is 2. The summed E-state index contributed by atoms with van der Waals surface area (Å²) in [6, 6.07) is 15.9. The van der Waals surface area contributed by atoms with E-state index in [1.54, 1.807) is 0 Å². The molecule has 2 nitrogen and oxygen atoms in total. The molecular weight excluding hydrogens is 270 g/mol. The molecule has 0 fully saturated rings. The molecule has 2 aromatic rings. The summed E-state index contributed by atoms with van der Waals surface area (Å²) in [5.74, 6) is 6.62. The van der Waals surface area contributed by atoms with E-state index in [-0.39, 0.29) is 11.8 Å². The van der Waals surface area contributed by atoms with Crippen molar-refractivity contribution in [2.24, 2.45) is 5.92 Å². The van der Waals surface area contributed by atoms with Gasteiger partial charge in [-0.05, 0) is 30.2 Å². The molecule has 22 heavy (non-hydrogen) atoms. The highest BCUT2D eigenvalue weighted by Crippen LogP contribution is 2.27. The van der Waals surface area contributed by atoms with E-state index >= 15 is 0 Å². The summed E-state index contributed by atoms with van der Waals surface area (Å²) in [7, 11) is 0. The summed E-state index contributed by atoms with van der Waals surface area (Å²) in [6.45, 7) is 4.61. The summed E-state index contributed by atoms with van der Waals surface area (Å²) in [5.41, 5.74) is 3.92. The van der Waals surface area contributed by atoms with Crippen LogP contribution in [0.25, 0.3) is 0 Å². The highest BCUT2D eigenvalue weighted by molar-refractivity contribution is 5.96. The first-order valence-corrected chi connectivity index (χ1v) is 7.71. The number of fused-ring (bicyclic) bond motifs is 2. The standard InChI is InChI=1S/C20H19NO/c1-3-15(2)20(22)21-14-18-10-5-4-8-16(18)12-13-17-9-6-7-11-19(17)21/h4-11,15H,3,14H2,1-2H3/t15-/m1/s1. The number of carbonyl (C=O) groups is 1. The zero-order valence-corrected chi connectivity index (χ0v) is 13.0. The Morgan fingerprint density at radius 3 is 2.50 bits per heavy atom. The Balaban J connectivity index is 2.15. The maximum absolute atomic E-state index is 12.8. The lowest BCUT2D eigenvalue weighted by Crippen LogP contribution is -2.35. The predicted octanol–water partition coefficient (Wildman–Crippen LogP) is 3.98. The van der Waals surface area contributed by atoms with Crippen LogP contribution in [0.1, 0.15) is 37.0 Å². The van der Waals surface area contributed by atoms with E-state index in [1.165, 1.54) is 0 Å². The van der Waals surface area contributed by atoms with Gasteiger partial charge in [0.15, 0.2) is 0 Å². The van der Waals surface area contributed by atoms with Crippen LogP contribution in [0.3, 0.4) is 0 Å². The maximum Gasteiger partial charge on any atom is 0.230 e. The Morgan fingerprint density at radius 1 is 1.09 bits per heavy atom. The van der Waals surface area contributed by atoms with Crippen molar-refractivity contribution >= 4 is 11.6 Å². The van der Waals surface area contributed by atoms with E-state index in [2.05, 4.69) is 17.9 Å². The Bertz CT molecular complexity index is 767. The number of carbonyl (C=O) groups excluding carboxylic acids is 1. The van der Waals surface area contributed by atoms with E-state index in [4.69, 9.17) is 0 Å². The molecule has 0 bridgehead atoms. The van der Waals surface area contributed by atoms with Crippen molar-refractivity contribution in [2.45, 2.75) is 26.8 Å². The maximum atomic E-state index is 12.8. The minimum Gasteiger partial charge on any atom is -0.306 e. The predicted molar refractivity (Wildman–Crippen MR) is 89.5 cm³/mol. The molecule has 1 amide bonds. The Hall–Kier alpha value is -2.53. The second kappa shape index (κ2) is 6.07. The van der Waals surface area contributed by atoms with Gasteiger partial charge in [-0.25, -0.2) is 0 Å². The van der Waals surface area contributed by atoms with Crippen molar-refractivity contribution in [2.75, 3.05) is 4.90 Å². The van der Waals surface area contributed by atoms with Crippen LogP contribution in [0.2, 0.25) is 0 Å². The average Bonchev–Trinajstić information content (AvgIpc) is 2.55. The molecule has 2 heteroatoms. The van der Waals surface area contributed by atoms with Gasteiger partial charge in [-0.1, -0.05) is 56.0 Å². The van der Waals surface area contributed by atoms with Gasteiger partial charge in [-0.15, -0.1) is 0 Å². The van der Waals surface area contributed by atoms with Crippen molar-refractivity contribution in [3.05, 3.63) is 65.2 Å². The number of anilines is 1. The van der Waals surface area contributed by atoms with E-state index in [9.17, 15) is 4.79 Å². The van der Waals surface area contributed by atoms with Crippen LogP contribution < -0.4 is 4.90 Å². The lowest BCUT2D eigenvalue weighted by atomic mass is 10.0. The first-order chi connectivity index (χ1) is 10.7. The van der Waals surface area contributed by atoms with Crippen molar-refractivity contribution in [3.63, 3.8) is 0 Å². The van der Waals surface area contributed by atoms with Gasteiger partial charge in [-0.2, -0.15) is 0 Å². The fourth-order valence-electron chi connectivity index (χ4n) is 2.62. The van der Waals surface area contributed by atoms with E-state index < -0.39 is 0 Å². The fraction of sp³-hybridized carbons (Fsp3) is 0.250. The molecule has 0 N–H and O–H groups in total. The molecule has 1 atom stereocenters. The third kappa shape index (κ3) is 2.63. The molecule has 0 aromatic heterocycles. The summed E-state index contributed by atoms with van der Waals surface area (Å²) >= 11 is 0. The van der Waals surface area contributed by atoms with Crippen molar-refractivity contribution in [1.29, 1.82) is 0 Å². The Labute approximate surface area is 131 Å². The molecule has 2 aromatic carbocycles. The van der Waals surface area contributed by atoms with E-state index in [0.717, 1.165) is 28.8 Å². The van der Waals surface area contributed by atoms with Crippen LogP contribution >= 0.6 is 0 Å². The zero-order valence-electron chi connectivity index (χ0n) is 13.0. The van der Waals surface area contributed by atoms with E-state index in [0.29, 0.717) is 6.54 Å². The summed E-state index contributed by atoms with van der Waals surface area (Å²) in [4.78, 5) is 14.7. The highest BCUT2D eigenvalue weighted by Gasteiger charge is 2.24. The Kier molecular flexibility index (Phi) is 3.98. The molecule has 0 unspecified atom stereocenters. The largest absolute Gasteiger partial charge is 0.306 e. The number of para-hydroxylation sites is 1. The second-order valence-corrected chi connectivity index (χ2v) is 5.66. The molecule has 0 spiro atoms. The van der Waals surface area contributed by atoms with Crippen LogP contribution in [-0.2, 0) is 11.3 Å². The smallest absolute Gasteiger partial charge is 0.230 e. The molecule has 0 saturated heterocycles. The van der Waals surface area contributed by atoms with Crippen LogP contribution in [0.4, 0.5) is 5.69 Å². The van der Waals surface area contributed by atoms with Gasteiger partial charge >= 0.3 is 0 Å². The van der Waals surface area contributed by atoms with Crippen LogP contribution in [0.15, 0.2) is 48.5 Å². The van der Waals surface area contributed by atoms with Crippen LogP contribution in [0, 0.1) is 17.8 Å². The summed E-state index contributed by atoms with van der Waals surface area (Å²) in [6.07, 6.45) is 0.838. The van der Waals surface area contributed by atoms with Crippen molar-refractivity contribution < 1.29 is 4.79 Å². The fourth-order valence-corrected chi connectivity index (χ4v) is 2.62. The van der Waals surface area contributed by atoms with Gasteiger partial charge < -0.3 is 4.90 Å². The molecular formula is C20H19NO. The number of nitrogens with zero attached hydrogens (tertiary/aromatic N) is 1. The number of hydrogen-bond donors (Lipinski definition) is 0. The zero-order chi connectivity index (χ0) is 15.5. The minimum absolute atomic E-state index is 0.00704. The van der Waals surface area contributed by atoms with Crippen LogP contribution in [-0.4, -0.2) is 5.91 Å². The van der Waals surface area contributed by atoms with Gasteiger partial charge in [0, 0.05) is 17.0 Å². The van der Waals surface area contributed by atoms with Gasteiger partial charge in [0.25, 0.3) is 0 Å². The Morgan fingerprint density at radius 2 is 1.73 bits per heavy atom. The second-order valence-electron chi connectivity index (χ2n) is 5.66. The number of benzene rings is 2. The molecule has 1 heterocycles. The first-order valence-electron chi connectivity index (χ1n) is 7.71. The van der Waals surface area contributed by atoms with E-state index in [1.807, 2.05) is 61.2 Å². The van der Waals surface area contributed by atoms with Gasteiger partial charge in [0.2, 0.25) is 5.91 Å². The molecule has 0 aliphatic carbocycles. The number of amides is 1. The third-order valence-corrected chi connectivity index (χ3v) is 4.17. The highest BCUT2D eigenvalue weighted by atomic mass is 16.2. The first kappa shape index (κ1) is 14.4. The minimum atomic E-state index is 0.00704. The quantitative estimate of drug-likeness (QED) is 0.766. The SMILES string of the molecule is CC[C@@H](C)C(=O)N1Cc2ccccc2C#Cc2ccccc21. The molecule has 0 radical (unpaired) electrons. The lowest BCUT2D eigenvalue weighted by Gasteiger charge is -2.28. The van der Waals surface area contributed by atoms with Gasteiger partial charge in [0.1, 0.15) is 0 Å². The van der Waals surface area contributed by atoms with Gasteiger partial charge in [0.05, 0.1) is 12.2 Å². The topological polar surface area (TPSA) is 20.3 Å². The normalized spacial score (nSPS) is 13.8. The molecule has 1 aliphatic rings. The lowest BCUT2D eigenvalue weighted by molar-refractivity contribution is -0.122. The summed E-state index contributed by atoms with van der Waals surface area (Å²) < 4.78 is 0. The van der Waals surface area contributed by atoms with Gasteiger partial charge in [-0.3, -0.25) is 4.79 Å². The molecule has 0 saturated carbocycles. The molecule has 110 valence electrons. The number of hydrogen-bond acceptors (Lipinski definition) is 1. The monoisotopic (exact) mass is 289 g/mol. The van der Waals surface area contributed by atoms with Crippen molar-refractivity contribution in [1.82, 2.24) is 0 Å².